The summed E-state index contributed by atoms with van der Waals surface area (Å²) in [6, 6.07) is 0. The van der Waals surface area contributed by atoms with Gasteiger partial charge in [0.1, 0.15) is 0 Å². The van der Waals surface area contributed by atoms with Crippen molar-refractivity contribution in [3.63, 3.8) is 0 Å². The molecular weight excluding hydrogens is 1110 g/mol. The van der Waals surface area contributed by atoms with E-state index in [1.807, 2.05) is 9.80 Å². The van der Waals surface area contributed by atoms with Crippen LogP contribution in [-0.2, 0) is 9.59 Å². The molecule has 4 atom stereocenters. The van der Waals surface area contributed by atoms with Gasteiger partial charge in [-0.05, 0) is 37.5 Å². The van der Waals surface area contributed by atoms with Crippen LogP contribution < -0.4 is 0 Å². The van der Waals surface area contributed by atoms with Crippen LogP contribution in [0.2, 0.25) is 0 Å². The smallest absolute Gasteiger partial charge is 0.222 e. The van der Waals surface area contributed by atoms with Crippen molar-refractivity contribution in [2.45, 2.75) is 465 Å². The second-order valence-electron chi connectivity index (χ2n) is 29.3. The molecule has 2 amide bonds. The van der Waals surface area contributed by atoms with Gasteiger partial charge in [-0.2, -0.15) is 0 Å². The van der Waals surface area contributed by atoms with Gasteiger partial charge in [-0.25, -0.2) is 0 Å². The summed E-state index contributed by atoms with van der Waals surface area (Å²) in [7, 11) is 0. The number of carbonyl (C=O) groups excluding carboxylic acids is 2. The van der Waals surface area contributed by atoms with Crippen LogP contribution in [0.4, 0.5) is 0 Å². The molecule has 0 bridgehead atoms. The number of hydrogen-bond donors (Lipinski definition) is 4. The van der Waals surface area contributed by atoms with Crippen LogP contribution in [-0.4, -0.2) is 93.6 Å². The lowest BCUT2D eigenvalue weighted by Gasteiger charge is -2.25. The van der Waals surface area contributed by atoms with Gasteiger partial charge in [0.2, 0.25) is 11.8 Å². The Morgan fingerprint density at radius 3 is 0.600 bits per heavy atom. The van der Waals surface area contributed by atoms with E-state index in [0.717, 1.165) is 38.5 Å². The van der Waals surface area contributed by atoms with Crippen molar-refractivity contribution in [2.24, 2.45) is 11.8 Å². The van der Waals surface area contributed by atoms with Gasteiger partial charge >= 0.3 is 0 Å². The monoisotopic (exact) mass is 1280 g/mol. The van der Waals surface area contributed by atoms with Crippen molar-refractivity contribution < 1.29 is 30.0 Å². The molecular formula is C82H166N2O6. The summed E-state index contributed by atoms with van der Waals surface area (Å²) in [5.41, 5.74) is 0. The van der Waals surface area contributed by atoms with E-state index < -0.39 is 12.2 Å². The average molecular weight is 1280 g/mol. The highest BCUT2D eigenvalue weighted by Crippen LogP contribution is 2.22. The average Bonchev–Trinajstić information content (AvgIpc) is 3.67. The van der Waals surface area contributed by atoms with Crippen LogP contribution in [0.5, 0.6) is 0 Å². The summed E-state index contributed by atoms with van der Waals surface area (Å²) in [5, 5.41) is 38.8. The first kappa shape index (κ1) is 90.8. The molecule has 90 heavy (non-hydrogen) atoms. The molecule has 4 N–H and O–H groups in total. The first-order valence-corrected chi connectivity index (χ1v) is 41.2. The van der Waals surface area contributed by atoms with Gasteiger partial charge in [0.15, 0.2) is 0 Å². The molecule has 540 valence electrons. The highest BCUT2D eigenvalue weighted by molar-refractivity contribution is 5.76. The minimum Gasteiger partial charge on any atom is -0.394 e. The molecule has 0 aliphatic carbocycles. The van der Waals surface area contributed by atoms with E-state index in [2.05, 4.69) is 41.5 Å². The Labute approximate surface area is 564 Å². The van der Waals surface area contributed by atoms with E-state index in [1.165, 1.54) is 360 Å². The summed E-state index contributed by atoms with van der Waals surface area (Å²) in [4.78, 5) is 29.6. The maximum atomic E-state index is 13.0. The van der Waals surface area contributed by atoms with Crippen LogP contribution in [0, 0.1) is 11.8 Å². The number of rotatable bonds is 74. The molecule has 0 aromatic carbocycles. The Morgan fingerprint density at radius 2 is 0.422 bits per heavy atom. The Bertz CT molecular complexity index is 1370. The first-order chi connectivity index (χ1) is 44.1. The number of aliphatic hydroxyl groups is 4. The molecule has 0 aliphatic heterocycles. The third-order valence-corrected chi connectivity index (χ3v) is 19.9. The zero-order chi connectivity index (χ0) is 66.1. The summed E-state index contributed by atoms with van der Waals surface area (Å²) in [6.45, 7) is 15.1. The summed E-state index contributed by atoms with van der Waals surface area (Å²) >= 11 is 0. The number of unbranched alkanes of at least 4 members (excludes halogenated alkanes) is 54. The second-order valence-corrected chi connectivity index (χ2v) is 29.3. The van der Waals surface area contributed by atoms with Gasteiger partial charge in [0.05, 0.1) is 25.4 Å². The highest BCUT2D eigenvalue weighted by Gasteiger charge is 2.20. The number of nitrogens with zero attached hydrogens (tertiary/aromatic N) is 2. The fourth-order valence-electron chi connectivity index (χ4n) is 13.3. The van der Waals surface area contributed by atoms with Gasteiger partial charge in [0.25, 0.3) is 0 Å². The van der Waals surface area contributed by atoms with Gasteiger partial charge in [-0.1, -0.05) is 414 Å². The number of amides is 2. The third kappa shape index (κ3) is 71.1. The fraction of sp³-hybridized carbons (Fsp3) is 0.976. The van der Waals surface area contributed by atoms with E-state index >= 15 is 0 Å². The normalized spacial score (nSPS) is 12.9. The zero-order valence-electron chi connectivity index (χ0n) is 62.3. The molecule has 0 aliphatic rings. The topological polar surface area (TPSA) is 122 Å². The quantitative estimate of drug-likeness (QED) is 0.0450. The van der Waals surface area contributed by atoms with Crippen molar-refractivity contribution in [1.29, 1.82) is 0 Å². The highest BCUT2D eigenvalue weighted by atomic mass is 16.3. The number of carbonyl (C=O) groups is 2. The van der Waals surface area contributed by atoms with Crippen LogP contribution in [0.1, 0.15) is 452 Å². The predicted molar refractivity (Wildman–Crippen MR) is 396 cm³/mol. The summed E-state index contributed by atoms with van der Waals surface area (Å²) in [5.74, 6) is 1.45. The Balaban J connectivity index is 0. The fourth-order valence-corrected chi connectivity index (χ4v) is 13.3. The Hall–Kier alpha value is -1.22. The van der Waals surface area contributed by atoms with E-state index in [1.54, 1.807) is 0 Å². The standard InChI is InChI=1S/C42H85NO3.C40H81NO3/c1-4-6-8-10-12-14-16-17-18-19-20-21-22-23-24-25-27-29-31-33-37-43(38-41(45)39-44)42(46)36-35-40(3)34-32-30-28-26-15-13-11-9-7-5-2;1-4-6-8-10-12-14-16-18-20-22-24-26-28-30-32-38(3)33-34-40(44)41(36-39(43)37-42)35-31-29-27-25-23-21-19-17-15-13-11-9-7-5-2/h40-41,44-45H,4-39H2,1-3H3;38-39,42-43H,4-37H2,1-3H3. The summed E-state index contributed by atoms with van der Waals surface area (Å²) in [6.07, 6.45) is 82.7. The molecule has 0 spiro atoms. The van der Waals surface area contributed by atoms with Crippen LogP contribution in [0.3, 0.4) is 0 Å². The Kier molecular flexibility index (Phi) is 77.5. The third-order valence-electron chi connectivity index (χ3n) is 19.9. The maximum Gasteiger partial charge on any atom is 0.222 e. The number of hydrogen-bond acceptors (Lipinski definition) is 6. The van der Waals surface area contributed by atoms with Gasteiger partial charge in [0, 0.05) is 39.0 Å². The van der Waals surface area contributed by atoms with Crippen molar-refractivity contribution in [1.82, 2.24) is 9.80 Å². The van der Waals surface area contributed by atoms with Crippen LogP contribution >= 0.6 is 0 Å². The molecule has 8 nitrogen and oxygen atoms in total. The molecule has 0 saturated carbocycles. The minimum absolute atomic E-state index is 0.153. The van der Waals surface area contributed by atoms with Gasteiger partial charge in [-0.15, -0.1) is 0 Å². The molecule has 0 radical (unpaired) electrons. The SMILES string of the molecule is CCCCCCCCCCCCCCCCC(C)CCC(=O)N(CCCCCCCCCCCCCCCC)CC(O)CO.CCCCCCCCCCCCCCCCCCCCCCN(CC(O)CO)C(=O)CCC(C)CCCCCCCCCCCC. The molecule has 0 aromatic heterocycles. The molecule has 8 heteroatoms. The lowest BCUT2D eigenvalue weighted by atomic mass is 9.97. The molecule has 0 aromatic rings. The minimum atomic E-state index is -0.835. The van der Waals surface area contributed by atoms with Crippen molar-refractivity contribution >= 4 is 11.8 Å². The van der Waals surface area contributed by atoms with Gasteiger partial charge in [-0.3, -0.25) is 9.59 Å². The second kappa shape index (κ2) is 76.8. The maximum absolute atomic E-state index is 13.0. The Morgan fingerprint density at radius 1 is 0.256 bits per heavy atom. The lowest BCUT2D eigenvalue weighted by molar-refractivity contribution is -0.134. The lowest BCUT2D eigenvalue weighted by Crippen LogP contribution is -2.39. The zero-order valence-corrected chi connectivity index (χ0v) is 62.3. The van der Waals surface area contributed by atoms with E-state index in [4.69, 9.17) is 0 Å². The van der Waals surface area contributed by atoms with E-state index in [0.29, 0.717) is 37.8 Å². The largest absolute Gasteiger partial charge is 0.394 e. The summed E-state index contributed by atoms with van der Waals surface area (Å²) < 4.78 is 0. The molecule has 4 unspecified atom stereocenters. The first-order valence-electron chi connectivity index (χ1n) is 41.2. The predicted octanol–water partition coefficient (Wildman–Crippen LogP) is 24.7. The number of aliphatic hydroxyl groups excluding tert-OH is 4. The molecule has 0 fully saturated rings. The molecule has 0 heterocycles. The van der Waals surface area contributed by atoms with Crippen molar-refractivity contribution in [3.05, 3.63) is 0 Å². The van der Waals surface area contributed by atoms with Crippen molar-refractivity contribution in [2.75, 3.05) is 39.4 Å². The van der Waals surface area contributed by atoms with Crippen LogP contribution in [0.25, 0.3) is 0 Å². The molecule has 0 saturated heterocycles. The molecule has 0 rings (SSSR count). The van der Waals surface area contributed by atoms with E-state index in [9.17, 15) is 30.0 Å². The van der Waals surface area contributed by atoms with Crippen LogP contribution in [0.15, 0.2) is 0 Å². The van der Waals surface area contributed by atoms with Gasteiger partial charge < -0.3 is 30.2 Å². The van der Waals surface area contributed by atoms with E-state index in [-0.39, 0.29) is 38.1 Å². The van der Waals surface area contributed by atoms with Crippen molar-refractivity contribution in [3.8, 4) is 0 Å².